The van der Waals surface area contributed by atoms with Gasteiger partial charge in [-0.3, -0.25) is 9.89 Å². The zero-order chi connectivity index (χ0) is 13.9. The first-order chi connectivity index (χ1) is 9.78. The lowest BCUT2D eigenvalue weighted by Crippen LogP contribution is -2.16. The Balaban J connectivity index is 1.93. The molecule has 108 valence electrons. The summed E-state index contributed by atoms with van der Waals surface area (Å²) in [5, 5.41) is 3.23. The van der Waals surface area contributed by atoms with Crippen LogP contribution >= 0.6 is 0 Å². The van der Waals surface area contributed by atoms with E-state index in [0.29, 0.717) is 12.5 Å². The molecule has 0 aromatic carbocycles. The number of rotatable bonds is 4. The van der Waals surface area contributed by atoms with Crippen molar-refractivity contribution < 1.29 is 0 Å². The molecule has 0 unspecified atom stereocenters. The van der Waals surface area contributed by atoms with Crippen LogP contribution in [-0.4, -0.2) is 21.1 Å². The maximum atomic E-state index is 12.1. The fourth-order valence-electron chi connectivity index (χ4n) is 3.09. The van der Waals surface area contributed by atoms with Crippen molar-refractivity contribution in [1.29, 1.82) is 0 Å². The second-order valence-corrected chi connectivity index (χ2v) is 5.72. The molecule has 20 heavy (non-hydrogen) atoms. The van der Waals surface area contributed by atoms with Crippen molar-refractivity contribution in [2.75, 3.05) is 6.54 Å². The molecule has 3 rings (SSSR count). The van der Waals surface area contributed by atoms with E-state index in [1.54, 1.807) is 10.6 Å². The third kappa shape index (κ3) is 2.63. The summed E-state index contributed by atoms with van der Waals surface area (Å²) in [6.45, 7) is 0.626. The molecule has 1 fully saturated rings. The van der Waals surface area contributed by atoms with Gasteiger partial charge in [0.1, 0.15) is 0 Å². The molecule has 0 atom stereocenters. The van der Waals surface area contributed by atoms with Crippen molar-refractivity contribution in [3.63, 3.8) is 0 Å². The lowest BCUT2D eigenvalue weighted by molar-refractivity contribution is 0.435. The van der Waals surface area contributed by atoms with Crippen LogP contribution in [0.3, 0.4) is 0 Å². The first-order valence-electron chi connectivity index (χ1n) is 7.59. The summed E-state index contributed by atoms with van der Waals surface area (Å²) in [5.74, 6) is 0.553. The SMILES string of the molecule is NCCCc1cc(=O)n2[nH]c(C3CCCCC3)cc2n1. The Morgan fingerprint density at radius 2 is 2.10 bits per heavy atom. The standard InChI is InChI=1S/C15H22N4O/c16-8-4-7-12-9-15(20)19-14(17-12)10-13(18-19)11-5-2-1-3-6-11/h9-11,18H,1-8,16H2. The molecule has 0 aliphatic heterocycles. The summed E-state index contributed by atoms with van der Waals surface area (Å²) in [4.78, 5) is 16.7. The summed E-state index contributed by atoms with van der Waals surface area (Å²) in [5.41, 5.74) is 8.23. The Labute approximate surface area is 118 Å². The van der Waals surface area contributed by atoms with Gasteiger partial charge in [-0.1, -0.05) is 19.3 Å². The van der Waals surface area contributed by atoms with Crippen LogP contribution in [0.4, 0.5) is 0 Å². The van der Waals surface area contributed by atoms with E-state index in [2.05, 4.69) is 10.1 Å². The minimum Gasteiger partial charge on any atom is -0.330 e. The molecule has 1 aliphatic carbocycles. The molecular weight excluding hydrogens is 252 g/mol. The molecule has 1 saturated carbocycles. The van der Waals surface area contributed by atoms with E-state index in [0.717, 1.165) is 29.9 Å². The Kier molecular flexibility index (Phi) is 3.87. The fourth-order valence-corrected chi connectivity index (χ4v) is 3.09. The second-order valence-electron chi connectivity index (χ2n) is 5.72. The van der Waals surface area contributed by atoms with Crippen molar-refractivity contribution in [3.05, 3.63) is 33.9 Å². The Morgan fingerprint density at radius 1 is 1.30 bits per heavy atom. The van der Waals surface area contributed by atoms with Gasteiger partial charge in [0.25, 0.3) is 5.56 Å². The zero-order valence-corrected chi connectivity index (χ0v) is 11.8. The van der Waals surface area contributed by atoms with E-state index in [4.69, 9.17) is 5.73 Å². The highest BCUT2D eigenvalue weighted by Crippen LogP contribution is 2.31. The largest absolute Gasteiger partial charge is 0.330 e. The monoisotopic (exact) mass is 274 g/mol. The maximum Gasteiger partial charge on any atom is 0.272 e. The third-order valence-electron chi connectivity index (χ3n) is 4.21. The van der Waals surface area contributed by atoms with Gasteiger partial charge >= 0.3 is 0 Å². The van der Waals surface area contributed by atoms with Gasteiger partial charge in [0, 0.05) is 29.4 Å². The number of H-pyrrole nitrogens is 1. The summed E-state index contributed by atoms with van der Waals surface area (Å²) >= 11 is 0. The van der Waals surface area contributed by atoms with Gasteiger partial charge in [-0.15, -0.1) is 0 Å². The highest BCUT2D eigenvalue weighted by atomic mass is 16.1. The van der Waals surface area contributed by atoms with E-state index in [9.17, 15) is 4.79 Å². The number of fused-ring (bicyclic) bond motifs is 1. The topological polar surface area (TPSA) is 76.2 Å². The van der Waals surface area contributed by atoms with E-state index in [1.165, 1.54) is 32.1 Å². The van der Waals surface area contributed by atoms with Crippen molar-refractivity contribution in [2.45, 2.75) is 50.9 Å². The molecule has 0 spiro atoms. The number of aromatic nitrogens is 3. The van der Waals surface area contributed by atoms with Crippen molar-refractivity contribution in [2.24, 2.45) is 5.73 Å². The molecular formula is C15H22N4O. The van der Waals surface area contributed by atoms with E-state index < -0.39 is 0 Å². The Hall–Kier alpha value is -1.62. The predicted octanol–water partition coefficient (Wildman–Crippen LogP) is 1.96. The van der Waals surface area contributed by atoms with Gasteiger partial charge in [-0.25, -0.2) is 9.50 Å². The smallest absolute Gasteiger partial charge is 0.272 e. The molecule has 0 amide bonds. The Morgan fingerprint density at radius 3 is 2.85 bits per heavy atom. The number of nitrogens with two attached hydrogens (primary N) is 1. The molecule has 0 radical (unpaired) electrons. The lowest BCUT2D eigenvalue weighted by Gasteiger charge is -2.19. The summed E-state index contributed by atoms with van der Waals surface area (Å²) in [7, 11) is 0. The number of hydrogen-bond acceptors (Lipinski definition) is 3. The molecule has 0 saturated heterocycles. The van der Waals surface area contributed by atoms with E-state index in [-0.39, 0.29) is 5.56 Å². The molecule has 1 aliphatic rings. The number of hydrogen-bond donors (Lipinski definition) is 2. The predicted molar refractivity (Wildman–Crippen MR) is 79.0 cm³/mol. The van der Waals surface area contributed by atoms with Crippen LogP contribution in [0.2, 0.25) is 0 Å². The van der Waals surface area contributed by atoms with Crippen molar-refractivity contribution in [1.82, 2.24) is 14.6 Å². The van der Waals surface area contributed by atoms with Gasteiger partial charge in [0.2, 0.25) is 0 Å². The fraction of sp³-hybridized carbons (Fsp3) is 0.600. The van der Waals surface area contributed by atoms with Gasteiger partial charge in [0.15, 0.2) is 5.65 Å². The van der Waals surface area contributed by atoms with Crippen LogP contribution in [-0.2, 0) is 6.42 Å². The van der Waals surface area contributed by atoms with Crippen LogP contribution in [0.15, 0.2) is 16.9 Å². The highest BCUT2D eigenvalue weighted by Gasteiger charge is 2.18. The lowest BCUT2D eigenvalue weighted by atomic mass is 9.87. The van der Waals surface area contributed by atoms with Crippen molar-refractivity contribution in [3.8, 4) is 0 Å². The van der Waals surface area contributed by atoms with Crippen LogP contribution in [0.1, 0.15) is 55.8 Å². The molecule has 5 heteroatoms. The van der Waals surface area contributed by atoms with Crippen LogP contribution in [0, 0.1) is 0 Å². The Bertz CT molecular complexity index is 637. The maximum absolute atomic E-state index is 12.1. The minimum absolute atomic E-state index is 0.0240. The first kappa shape index (κ1) is 13.4. The zero-order valence-electron chi connectivity index (χ0n) is 11.8. The minimum atomic E-state index is -0.0240. The van der Waals surface area contributed by atoms with Crippen LogP contribution in [0.5, 0.6) is 0 Å². The van der Waals surface area contributed by atoms with Gasteiger partial charge in [-0.2, -0.15) is 0 Å². The summed E-state index contributed by atoms with van der Waals surface area (Å²) < 4.78 is 1.57. The molecule has 3 N–H and O–H groups in total. The van der Waals surface area contributed by atoms with Crippen LogP contribution in [0.25, 0.3) is 5.65 Å². The van der Waals surface area contributed by atoms with E-state index in [1.807, 2.05) is 6.07 Å². The number of nitrogens with zero attached hydrogens (tertiary/aromatic N) is 2. The molecule has 2 aromatic rings. The first-order valence-corrected chi connectivity index (χ1v) is 7.59. The third-order valence-corrected chi connectivity index (χ3v) is 4.21. The summed E-state index contributed by atoms with van der Waals surface area (Å²) in [6, 6.07) is 3.66. The van der Waals surface area contributed by atoms with Crippen LogP contribution < -0.4 is 11.3 Å². The molecule has 2 aromatic heterocycles. The average Bonchev–Trinajstić information content (AvgIpc) is 2.91. The molecule has 2 heterocycles. The molecule has 5 nitrogen and oxygen atoms in total. The van der Waals surface area contributed by atoms with Gasteiger partial charge in [-0.05, 0) is 32.2 Å². The van der Waals surface area contributed by atoms with Gasteiger partial charge in [0.05, 0.1) is 0 Å². The molecule has 0 bridgehead atoms. The number of aromatic amines is 1. The highest BCUT2D eigenvalue weighted by molar-refractivity contribution is 5.40. The second kappa shape index (κ2) is 5.79. The normalized spacial score (nSPS) is 16.9. The number of aryl methyl sites for hydroxylation is 1. The van der Waals surface area contributed by atoms with Gasteiger partial charge < -0.3 is 5.73 Å². The summed E-state index contributed by atoms with van der Waals surface area (Å²) in [6.07, 6.45) is 7.95. The average molecular weight is 274 g/mol. The number of nitrogens with one attached hydrogen (secondary N) is 1. The quantitative estimate of drug-likeness (QED) is 0.894. The van der Waals surface area contributed by atoms with Crippen molar-refractivity contribution >= 4 is 5.65 Å². The van der Waals surface area contributed by atoms with E-state index >= 15 is 0 Å².